The zero-order valence-electron chi connectivity index (χ0n) is 10.1. The smallest absolute Gasteiger partial charge is 0.0437 e. The maximum absolute atomic E-state index is 6.12. The number of benzene rings is 1. The Labute approximate surface area is 103 Å². The molecule has 1 aliphatic carbocycles. The topological polar surface area (TPSA) is 12.0 Å². The van der Waals surface area contributed by atoms with E-state index in [-0.39, 0.29) is 0 Å². The first-order valence-electron chi connectivity index (χ1n) is 6.13. The fourth-order valence-electron chi connectivity index (χ4n) is 1.89. The molecule has 1 saturated carbocycles. The lowest BCUT2D eigenvalue weighted by molar-refractivity contribution is 0.509. The number of halogens is 1. The molecule has 0 aromatic heterocycles. The molecule has 1 aromatic rings. The molecule has 0 amide bonds. The summed E-state index contributed by atoms with van der Waals surface area (Å²) in [5.41, 5.74) is 2.51. The SMILES string of the molecule is Cc1ccc(CC(C)CNC2CC2)cc1Cl. The quantitative estimate of drug-likeness (QED) is 0.826. The normalized spacial score (nSPS) is 17.4. The van der Waals surface area contributed by atoms with Crippen LogP contribution in [0.25, 0.3) is 0 Å². The van der Waals surface area contributed by atoms with Crippen LogP contribution in [-0.4, -0.2) is 12.6 Å². The molecular weight excluding hydrogens is 218 g/mol. The zero-order valence-corrected chi connectivity index (χ0v) is 10.8. The maximum Gasteiger partial charge on any atom is 0.0437 e. The van der Waals surface area contributed by atoms with Gasteiger partial charge in [-0.05, 0) is 55.8 Å². The largest absolute Gasteiger partial charge is 0.314 e. The molecule has 0 spiro atoms. The number of aryl methyl sites for hydroxylation is 1. The molecule has 88 valence electrons. The summed E-state index contributed by atoms with van der Waals surface area (Å²) in [6.07, 6.45) is 3.84. The molecule has 0 radical (unpaired) electrons. The Balaban J connectivity index is 1.84. The molecule has 16 heavy (non-hydrogen) atoms. The highest BCUT2D eigenvalue weighted by Gasteiger charge is 2.20. The molecule has 0 aliphatic heterocycles. The molecule has 0 heterocycles. The average molecular weight is 238 g/mol. The van der Waals surface area contributed by atoms with Gasteiger partial charge in [0.1, 0.15) is 0 Å². The van der Waals surface area contributed by atoms with Crippen LogP contribution < -0.4 is 5.32 Å². The summed E-state index contributed by atoms with van der Waals surface area (Å²) in [4.78, 5) is 0. The summed E-state index contributed by atoms with van der Waals surface area (Å²) in [6, 6.07) is 7.21. The maximum atomic E-state index is 6.12. The minimum absolute atomic E-state index is 0.680. The van der Waals surface area contributed by atoms with Crippen molar-refractivity contribution in [1.29, 1.82) is 0 Å². The molecule has 1 aliphatic rings. The summed E-state index contributed by atoms with van der Waals surface area (Å²) < 4.78 is 0. The van der Waals surface area contributed by atoms with Gasteiger partial charge < -0.3 is 5.32 Å². The summed E-state index contributed by atoms with van der Waals surface area (Å²) in [5.74, 6) is 0.680. The van der Waals surface area contributed by atoms with Gasteiger partial charge in [0.2, 0.25) is 0 Å². The predicted octanol–water partition coefficient (Wildman–Crippen LogP) is 3.58. The van der Waals surface area contributed by atoms with E-state index in [9.17, 15) is 0 Å². The number of hydrogen-bond donors (Lipinski definition) is 1. The second-order valence-electron chi connectivity index (χ2n) is 5.08. The Morgan fingerprint density at radius 3 is 2.81 bits per heavy atom. The number of rotatable bonds is 5. The molecule has 1 aromatic carbocycles. The second kappa shape index (κ2) is 5.20. The fraction of sp³-hybridized carbons (Fsp3) is 0.571. The van der Waals surface area contributed by atoms with Gasteiger partial charge in [-0.2, -0.15) is 0 Å². The summed E-state index contributed by atoms with van der Waals surface area (Å²) in [5, 5.41) is 4.46. The Bertz CT molecular complexity index is 358. The predicted molar refractivity (Wildman–Crippen MR) is 70.1 cm³/mol. The van der Waals surface area contributed by atoms with E-state index in [4.69, 9.17) is 11.6 Å². The molecule has 1 fully saturated rings. The lowest BCUT2D eigenvalue weighted by Gasteiger charge is -2.13. The first-order valence-corrected chi connectivity index (χ1v) is 6.51. The molecule has 2 heteroatoms. The van der Waals surface area contributed by atoms with Gasteiger partial charge in [0.15, 0.2) is 0 Å². The molecule has 1 atom stereocenters. The molecule has 0 bridgehead atoms. The summed E-state index contributed by atoms with van der Waals surface area (Å²) in [7, 11) is 0. The number of hydrogen-bond acceptors (Lipinski definition) is 1. The first-order chi connectivity index (χ1) is 7.65. The van der Waals surface area contributed by atoms with E-state index in [0.717, 1.165) is 29.6 Å². The van der Waals surface area contributed by atoms with Crippen LogP contribution in [0.4, 0.5) is 0 Å². The van der Waals surface area contributed by atoms with Crippen molar-refractivity contribution in [3.8, 4) is 0 Å². The zero-order chi connectivity index (χ0) is 11.5. The van der Waals surface area contributed by atoms with Gasteiger partial charge in [0.25, 0.3) is 0 Å². The van der Waals surface area contributed by atoms with Crippen LogP contribution in [0.3, 0.4) is 0 Å². The van der Waals surface area contributed by atoms with Crippen LogP contribution in [0.1, 0.15) is 30.9 Å². The van der Waals surface area contributed by atoms with Crippen LogP contribution in [0.15, 0.2) is 18.2 Å². The van der Waals surface area contributed by atoms with Crippen molar-refractivity contribution < 1.29 is 0 Å². The lowest BCUT2D eigenvalue weighted by Crippen LogP contribution is -2.24. The van der Waals surface area contributed by atoms with Crippen molar-refractivity contribution in [2.75, 3.05) is 6.54 Å². The second-order valence-corrected chi connectivity index (χ2v) is 5.48. The minimum Gasteiger partial charge on any atom is -0.314 e. The van der Waals surface area contributed by atoms with Crippen LogP contribution in [0.5, 0.6) is 0 Å². The average Bonchev–Trinajstić information content (AvgIpc) is 3.04. The Morgan fingerprint density at radius 2 is 2.19 bits per heavy atom. The van der Waals surface area contributed by atoms with Gasteiger partial charge in [0.05, 0.1) is 0 Å². The van der Waals surface area contributed by atoms with Crippen LogP contribution in [0.2, 0.25) is 5.02 Å². The van der Waals surface area contributed by atoms with E-state index in [2.05, 4.69) is 30.4 Å². The summed E-state index contributed by atoms with van der Waals surface area (Å²) in [6.45, 7) is 5.46. The third kappa shape index (κ3) is 3.50. The van der Waals surface area contributed by atoms with Crippen LogP contribution in [0, 0.1) is 12.8 Å². The highest BCUT2D eigenvalue weighted by molar-refractivity contribution is 6.31. The molecule has 1 nitrogen and oxygen atoms in total. The number of nitrogens with one attached hydrogen (secondary N) is 1. The first kappa shape index (κ1) is 11.9. The fourth-order valence-corrected chi connectivity index (χ4v) is 2.10. The Hall–Kier alpha value is -0.530. The highest BCUT2D eigenvalue weighted by atomic mass is 35.5. The van der Waals surface area contributed by atoms with Gasteiger partial charge >= 0.3 is 0 Å². The lowest BCUT2D eigenvalue weighted by atomic mass is 10.0. The van der Waals surface area contributed by atoms with Crippen molar-refractivity contribution in [2.45, 2.75) is 39.2 Å². The van der Waals surface area contributed by atoms with E-state index in [1.807, 2.05) is 6.92 Å². The molecular formula is C14H20ClN. The minimum atomic E-state index is 0.680. The third-order valence-electron chi connectivity index (χ3n) is 3.15. The van der Waals surface area contributed by atoms with E-state index in [1.165, 1.54) is 18.4 Å². The third-order valence-corrected chi connectivity index (χ3v) is 3.56. The van der Waals surface area contributed by atoms with Crippen molar-refractivity contribution in [3.63, 3.8) is 0 Å². The van der Waals surface area contributed by atoms with E-state index in [1.54, 1.807) is 0 Å². The Kier molecular flexibility index (Phi) is 3.88. The van der Waals surface area contributed by atoms with E-state index < -0.39 is 0 Å². The van der Waals surface area contributed by atoms with E-state index in [0.29, 0.717) is 5.92 Å². The molecule has 2 rings (SSSR count). The van der Waals surface area contributed by atoms with Crippen molar-refractivity contribution in [2.24, 2.45) is 5.92 Å². The standard InChI is InChI=1S/C14H20ClN/c1-10(9-16-13-5-6-13)7-12-4-3-11(2)14(15)8-12/h3-4,8,10,13,16H,5-7,9H2,1-2H3. The van der Waals surface area contributed by atoms with Crippen LogP contribution in [-0.2, 0) is 6.42 Å². The van der Waals surface area contributed by atoms with Gasteiger partial charge in [-0.3, -0.25) is 0 Å². The van der Waals surface area contributed by atoms with Gasteiger partial charge in [-0.25, -0.2) is 0 Å². The van der Waals surface area contributed by atoms with Gasteiger partial charge in [0, 0.05) is 11.1 Å². The summed E-state index contributed by atoms with van der Waals surface area (Å²) >= 11 is 6.12. The van der Waals surface area contributed by atoms with Crippen molar-refractivity contribution in [1.82, 2.24) is 5.32 Å². The molecule has 1 unspecified atom stereocenters. The van der Waals surface area contributed by atoms with E-state index >= 15 is 0 Å². The Morgan fingerprint density at radius 1 is 1.44 bits per heavy atom. The molecule has 0 saturated heterocycles. The van der Waals surface area contributed by atoms with Crippen molar-refractivity contribution >= 4 is 11.6 Å². The van der Waals surface area contributed by atoms with Gasteiger partial charge in [-0.1, -0.05) is 30.7 Å². The highest BCUT2D eigenvalue weighted by Crippen LogP contribution is 2.21. The van der Waals surface area contributed by atoms with Crippen LogP contribution >= 0.6 is 11.6 Å². The molecule has 1 N–H and O–H groups in total. The van der Waals surface area contributed by atoms with Gasteiger partial charge in [-0.15, -0.1) is 0 Å². The monoisotopic (exact) mass is 237 g/mol. The van der Waals surface area contributed by atoms with Crippen molar-refractivity contribution in [3.05, 3.63) is 34.3 Å².